The molecule has 1 N–H and O–H groups in total. The molecule has 0 aliphatic rings. The summed E-state index contributed by atoms with van der Waals surface area (Å²) in [5.74, 6) is -0.243. The highest BCUT2D eigenvalue weighted by Crippen LogP contribution is 2.24. The first kappa shape index (κ1) is 13.7. The molecular formula is C17H12N4OS. The van der Waals surface area contributed by atoms with E-state index in [0.29, 0.717) is 22.7 Å². The number of amides is 1. The van der Waals surface area contributed by atoms with Gasteiger partial charge in [-0.2, -0.15) is 11.3 Å². The maximum absolute atomic E-state index is 12.7. The van der Waals surface area contributed by atoms with Crippen LogP contribution in [0.2, 0.25) is 0 Å². The Bertz CT molecular complexity index is 961. The van der Waals surface area contributed by atoms with Crippen LogP contribution in [0.4, 0.5) is 5.69 Å². The lowest BCUT2D eigenvalue weighted by atomic mass is 10.2. The number of anilines is 1. The second kappa shape index (κ2) is 5.66. The number of carbonyl (C=O) groups excluding carboxylic acids is 1. The Kier molecular flexibility index (Phi) is 3.36. The number of carbonyl (C=O) groups is 1. The van der Waals surface area contributed by atoms with Gasteiger partial charge in [0.25, 0.3) is 5.91 Å². The fraction of sp³-hybridized carbons (Fsp3) is 0. The Hall–Kier alpha value is -2.99. The number of imidazole rings is 1. The van der Waals surface area contributed by atoms with E-state index in [-0.39, 0.29) is 5.91 Å². The molecule has 0 saturated heterocycles. The number of thiophene rings is 1. The lowest BCUT2D eigenvalue weighted by molar-refractivity contribution is 0.102. The highest BCUT2D eigenvalue weighted by atomic mass is 32.1. The van der Waals surface area contributed by atoms with Crippen molar-refractivity contribution in [3.63, 3.8) is 0 Å². The van der Waals surface area contributed by atoms with Gasteiger partial charge in [-0.3, -0.25) is 14.2 Å². The summed E-state index contributed by atoms with van der Waals surface area (Å²) in [6.45, 7) is 0. The fourth-order valence-corrected chi connectivity index (χ4v) is 3.02. The molecule has 4 heterocycles. The van der Waals surface area contributed by atoms with Crippen LogP contribution < -0.4 is 5.32 Å². The van der Waals surface area contributed by atoms with Gasteiger partial charge in [0.05, 0.1) is 11.4 Å². The predicted octanol–water partition coefficient (Wildman–Crippen LogP) is 3.71. The molecule has 0 unspecified atom stereocenters. The molecule has 6 heteroatoms. The summed E-state index contributed by atoms with van der Waals surface area (Å²) in [5, 5.41) is 6.68. The number of nitrogens with zero attached hydrogens (tertiary/aromatic N) is 3. The monoisotopic (exact) mass is 320 g/mol. The fourth-order valence-electron chi connectivity index (χ4n) is 2.43. The molecule has 0 saturated carbocycles. The first-order valence-corrected chi connectivity index (χ1v) is 7.99. The molecule has 23 heavy (non-hydrogen) atoms. The molecule has 5 nitrogen and oxygen atoms in total. The minimum Gasteiger partial charge on any atom is -0.320 e. The smallest absolute Gasteiger partial charge is 0.276 e. The number of rotatable bonds is 3. The highest BCUT2D eigenvalue weighted by Gasteiger charge is 2.21. The predicted molar refractivity (Wildman–Crippen MR) is 90.7 cm³/mol. The summed E-state index contributed by atoms with van der Waals surface area (Å²) in [7, 11) is 0. The van der Waals surface area contributed by atoms with Crippen LogP contribution in [0.1, 0.15) is 10.5 Å². The van der Waals surface area contributed by atoms with Gasteiger partial charge in [-0.1, -0.05) is 12.1 Å². The Morgan fingerprint density at radius 2 is 2.04 bits per heavy atom. The Balaban J connectivity index is 1.87. The van der Waals surface area contributed by atoms with Crippen LogP contribution in [0.15, 0.2) is 65.6 Å². The van der Waals surface area contributed by atoms with Gasteiger partial charge in [0.2, 0.25) is 0 Å². The maximum Gasteiger partial charge on any atom is 0.276 e. The van der Waals surface area contributed by atoms with E-state index in [2.05, 4.69) is 15.3 Å². The molecule has 4 aromatic rings. The van der Waals surface area contributed by atoms with E-state index in [4.69, 9.17) is 0 Å². The molecule has 1 amide bonds. The molecule has 0 spiro atoms. The van der Waals surface area contributed by atoms with E-state index in [1.807, 2.05) is 63.8 Å². The molecule has 0 aliphatic heterocycles. The second-order valence-corrected chi connectivity index (χ2v) is 5.70. The summed E-state index contributed by atoms with van der Waals surface area (Å²) < 4.78 is 1.88. The largest absolute Gasteiger partial charge is 0.320 e. The average molecular weight is 320 g/mol. The Labute approximate surface area is 136 Å². The molecule has 0 fully saturated rings. The summed E-state index contributed by atoms with van der Waals surface area (Å²) in [6.07, 6.45) is 3.59. The lowest BCUT2D eigenvalue weighted by Crippen LogP contribution is -2.13. The van der Waals surface area contributed by atoms with Crippen LogP contribution in [0.25, 0.3) is 17.0 Å². The number of hydrogen-bond donors (Lipinski definition) is 1. The molecule has 0 bridgehead atoms. The van der Waals surface area contributed by atoms with Crippen LogP contribution >= 0.6 is 11.3 Å². The van der Waals surface area contributed by atoms with Crippen molar-refractivity contribution < 1.29 is 4.79 Å². The first-order chi connectivity index (χ1) is 11.3. The minimum absolute atomic E-state index is 0.243. The van der Waals surface area contributed by atoms with Crippen LogP contribution in [0, 0.1) is 0 Å². The Morgan fingerprint density at radius 3 is 2.83 bits per heavy atom. The zero-order valence-corrected chi connectivity index (χ0v) is 12.8. The molecular weight excluding hydrogens is 308 g/mol. The van der Waals surface area contributed by atoms with E-state index in [1.54, 1.807) is 6.20 Å². The quantitative estimate of drug-likeness (QED) is 0.626. The molecule has 4 rings (SSSR count). The van der Waals surface area contributed by atoms with Crippen molar-refractivity contribution in [2.75, 3.05) is 5.32 Å². The summed E-state index contributed by atoms with van der Waals surface area (Å²) in [5.41, 5.74) is 3.24. The molecule has 0 aliphatic carbocycles. The van der Waals surface area contributed by atoms with Gasteiger partial charge in [0, 0.05) is 17.8 Å². The van der Waals surface area contributed by atoms with Crippen LogP contribution in [-0.4, -0.2) is 20.3 Å². The van der Waals surface area contributed by atoms with Gasteiger partial charge in [-0.15, -0.1) is 0 Å². The summed E-state index contributed by atoms with van der Waals surface area (Å²) >= 11 is 1.53. The van der Waals surface area contributed by atoms with Gasteiger partial charge >= 0.3 is 0 Å². The van der Waals surface area contributed by atoms with Crippen molar-refractivity contribution in [1.82, 2.24) is 14.4 Å². The number of fused-ring (bicyclic) bond motifs is 1. The van der Waals surface area contributed by atoms with Crippen molar-refractivity contribution in [3.8, 4) is 11.4 Å². The number of hydrogen-bond acceptors (Lipinski definition) is 4. The first-order valence-electron chi connectivity index (χ1n) is 7.05. The summed E-state index contributed by atoms with van der Waals surface area (Å²) in [4.78, 5) is 21.5. The lowest BCUT2D eigenvalue weighted by Gasteiger charge is -2.05. The van der Waals surface area contributed by atoms with Crippen LogP contribution in [0.3, 0.4) is 0 Å². The van der Waals surface area contributed by atoms with Gasteiger partial charge in [0.15, 0.2) is 5.69 Å². The van der Waals surface area contributed by atoms with Crippen LogP contribution in [0.5, 0.6) is 0 Å². The third kappa shape index (κ3) is 2.49. The van der Waals surface area contributed by atoms with E-state index in [9.17, 15) is 4.79 Å². The van der Waals surface area contributed by atoms with E-state index < -0.39 is 0 Å². The van der Waals surface area contributed by atoms with Gasteiger partial charge < -0.3 is 5.32 Å². The van der Waals surface area contributed by atoms with Gasteiger partial charge in [-0.25, -0.2) is 4.98 Å². The zero-order chi connectivity index (χ0) is 15.6. The average Bonchev–Trinajstić information content (AvgIpc) is 3.22. The Morgan fingerprint density at radius 1 is 1.13 bits per heavy atom. The van der Waals surface area contributed by atoms with Gasteiger partial charge in [-0.05, 0) is 35.7 Å². The third-order valence-corrected chi connectivity index (χ3v) is 4.11. The minimum atomic E-state index is -0.243. The number of aromatic nitrogens is 3. The number of nitrogens with one attached hydrogen (secondary N) is 1. The molecule has 0 atom stereocenters. The molecule has 112 valence electrons. The number of pyridine rings is 2. The van der Waals surface area contributed by atoms with Crippen molar-refractivity contribution in [2.24, 2.45) is 0 Å². The second-order valence-electron chi connectivity index (χ2n) is 4.92. The maximum atomic E-state index is 12.7. The van der Waals surface area contributed by atoms with E-state index in [1.165, 1.54) is 11.3 Å². The van der Waals surface area contributed by atoms with Crippen molar-refractivity contribution in [2.45, 2.75) is 0 Å². The SMILES string of the molecule is O=C(Nc1ccsc1)c1nc2ccccn2c1-c1ccccn1. The molecule has 0 aromatic carbocycles. The van der Waals surface area contributed by atoms with Crippen LogP contribution in [-0.2, 0) is 0 Å². The standard InChI is InChI=1S/C17H12N4OS/c22-17(19-12-7-10-23-11-12)15-16(13-5-1-3-8-18-13)21-9-4-2-6-14(21)20-15/h1-11H,(H,19,22). The van der Waals surface area contributed by atoms with Crippen molar-refractivity contribution >= 4 is 28.6 Å². The van der Waals surface area contributed by atoms with E-state index in [0.717, 1.165) is 5.69 Å². The van der Waals surface area contributed by atoms with Gasteiger partial charge in [0.1, 0.15) is 11.3 Å². The molecule has 0 radical (unpaired) electrons. The van der Waals surface area contributed by atoms with Crippen molar-refractivity contribution in [1.29, 1.82) is 0 Å². The normalized spacial score (nSPS) is 10.8. The highest BCUT2D eigenvalue weighted by molar-refractivity contribution is 7.08. The topological polar surface area (TPSA) is 59.3 Å². The zero-order valence-electron chi connectivity index (χ0n) is 12.0. The molecule has 4 aromatic heterocycles. The third-order valence-electron chi connectivity index (χ3n) is 3.43. The van der Waals surface area contributed by atoms with E-state index >= 15 is 0 Å². The van der Waals surface area contributed by atoms with Crippen molar-refractivity contribution in [3.05, 3.63) is 71.3 Å². The summed E-state index contributed by atoms with van der Waals surface area (Å²) in [6, 6.07) is 13.1.